The predicted molar refractivity (Wildman–Crippen MR) is 101 cm³/mol. The van der Waals surface area contributed by atoms with Gasteiger partial charge in [-0.2, -0.15) is 0 Å². The number of likely N-dealkylation sites (tertiary alicyclic amines) is 1. The van der Waals surface area contributed by atoms with Crippen LogP contribution < -0.4 is 5.32 Å². The number of benzene rings is 1. The Morgan fingerprint density at radius 3 is 2.69 bits per heavy atom. The lowest BCUT2D eigenvalue weighted by Crippen LogP contribution is -2.33. The van der Waals surface area contributed by atoms with Gasteiger partial charge in [0.2, 0.25) is 5.91 Å². The van der Waals surface area contributed by atoms with E-state index in [1.807, 2.05) is 35.2 Å². The lowest BCUT2D eigenvalue weighted by atomic mass is 9.99. The highest BCUT2D eigenvalue weighted by molar-refractivity contribution is 6.06. The van der Waals surface area contributed by atoms with Crippen molar-refractivity contribution in [2.75, 3.05) is 20.1 Å². The van der Waals surface area contributed by atoms with E-state index >= 15 is 0 Å². The molecule has 2 heterocycles. The Balaban J connectivity index is 1.61. The molecule has 1 saturated carbocycles. The summed E-state index contributed by atoms with van der Waals surface area (Å²) in [4.78, 5) is 31.9. The first-order valence-electron chi connectivity index (χ1n) is 9.58. The Morgan fingerprint density at radius 1 is 1.15 bits per heavy atom. The molecule has 1 saturated heterocycles. The second kappa shape index (κ2) is 7.06. The maximum Gasteiger partial charge on any atom is 0.251 e. The summed E-state index contributed by atoms with van der Waals surface area (Å²) in [6, 6.07) is 9.66. The third kappa shape index (κ3) is 3.06. The first kappa shape index (κ1) is 17.0. The monoisotopic (exact) mass is 351 g/mol. The molecule has 2 fully saturated rings. The number of hydrogen-bond donors (Lipinski definition) is 1. The van der Waals surface area contributed by atoms with Gasteiger partial charge >= 0.3 is 0 Å². The summed E-state index contributed by atoms with van der Waals surface area (Å²) in [6.07, 6.45) is 5.34. The van der Waals surface area contributed by atoms with Crippen LogP contribution in [0.3, 0.4) is 0 Å². The molecule has 136 valence electrons. The third-order valence-electron chi connectivity index (χ3n) is 5.83. The van der Waals surface area contributed by atoms with Crippen LogP contribution in [-0.4, -0.2) is 41.8 Å². The Kier molecular flexibility index (Phi) is 4.62. The molecule has 2 aromatic rings. The zero-order valence-electron chi connectivity index (χ0n) is 15.2. The summed E-state index contributed by atoms with van der Waals surface area (Å²) in [7, 11) is 1.65. The standard InChI is InChI=1S/C21H25N3O2/c1-22-20(25)17-12-19(23-18-9-5-4-8-16(17)18)15-10-11-24(13-15)21(26)14-6-2-3-7-14/h4-5,8-9,12,14-15H,2-3,6-7,10-11,13H2,1H3,(H,22,25)/t15-/m1/s1. The lowest BCUT2D eigenvalue weighted by Gasteiger charge is -2.20. The minimum atomic E-state index is -0.0956. The van der Waals surface area contributed by atoms with Crippen LogP contribution in [-0.2, 0) is 4.79 Å². The van der Waals surface area contributed by atoms with Crippen LogP contribution in [0, 0.1) is 5.92 Å². The van der Waals surface area contributed by atoms with Crippen molar-refractivity contribution in [2.24, 2.45) is 5.92 Å². The number of aromatic nitrogens is 1. The molecule has 4 rings (SSSR count). The SMILES string of the molecule is CNC(=O)c1cc([C@@H]2CCN(C(=O)C3CCCC3)C2)nc2ccccc12. The lowest BCUT2D eigenvalue weighted by molar-refractivity contribution is -0.134. The van der Waals surface area contributed by atoms with Crippen molar-refractivity contribution in [3.63, 3.8) is 0 Å². The molecule has 1 aliphatic carbocycles. The molecule has 2 aliphatic rings. The van der Waals surface area contributed by atoms with Gasteiger partial charge in [-0.1, -0.05) is 31.0 Å². The molecule has 1 atom stereocenters. The van der Waals surface area contributed by atoms with E-state index in [1.54, 1.807) is 7.05 Å². The maximum atomic E-state index is 12.7. The highest BCUT2D eigenvalue weighted by Gasteiger charge is 2.33. The van der Waals surface area contributed by atoms with Gasteiger partial charge in [-0.3, -0.25) is 14.6 Å². The van der Waals surface area contributed by atoms with Gasteiger partial charge in [0.25, 0.3) is 5.91 Å². The normalized spacial score (nSPS) is 20.7. The van der Waals surface area contributed by atoms with E-state index in [2.05, 4.69) is 5.32 Å². The highest BCUT2D eigenvalue weighted by Crippen LogP contribution is 2.33. The highest BCUT2D eigenvalue weighted by atomic mass is 16.2. The van der Waals surface area contributed by atoms with Crippen LogP contribution >= 0.6 is 0 Å². The van der Waals surface area contributed by atoms with Crippen molar-refractivity contribution < 1.29 is 9.59 Å². The summed E-state index contributed by atoms with van der Waals surface area (Å²) in [5, 5.41) is 3.59. The molecular weight excluding hydrogens is 326 g/mol. The zero-order valence-corrected chi connectivity index (χ0v) is 15.2. The smallest absolute Gasteiger partial charge is 0.251 e. The van der Waals surface area contributed by atoms with Crippen molar-refractivity contribution in [2.45, 2.75) is 38.0 Å². The molecule has 0 spiro atoms. The topological polar surface area (TPSA) is 62.3 Å². The van der Waals surface area contributed by atoms with Gasteiger partial charge in [-0.25, -0.2) is 0 Å². The third-order valence-corrected chi connectivity index (χ3v) is 5.83. The van der Waals surface area contributed by atoms with E-state index in [0.29, 0.717) is 18.0 Å². The first-order chi connectivity index (χ1) is 12.7. The summed E-state index contributed by atoms with van der Waals surface area (Å²) in [6.45, 7) is 1.51. The largest absolute Gasteiger partial charge is 0.355 e. The summed E-state index contributed by atoms with van der Waals surface area (Å²) < 4.78 is 0. The Hall–Kier alpha value is -2.43. The molecule has 1 aromatic carbocycles. The number of amides is 2. The summed E-state index contributed by atoms with van der Waals surface area (Å²) in [5.41, 5.74) is 2.42. The Labute approximate surface area is 153 Å². The number of fused-ring (bicyclic) bond motifs is 1. The van der Waals surface area contributed by atoms with Crippen LogP contribution in [0.15, 0.2) is 30.3 Å². The second-order valence-electron chi connectivity index (χ2n) is 7.44. The predicted octanol–water partition coefficient (Wildman–Crippen LogP) is 3.10. The van der Waals surface area contributed by atoms with Crippen molar-refractivity contribution >= 4 is 22.7 Å². The number of carbonyl (C=O) groups excluding carboxylic acids is 2. The fourth-order valence-corrected chi connectivity index (χ4v) is 4.36. The van der Waals surface area contributed by atoms with E-state index in [4.69, 9.17) is 4.98 Å². The van der Waals surface area contributed by atoms with Crippen LogP contribution in [0.2, 0.25) is 0 Å². The second-order valence-corrected chi connectivity index (χ2v) is 7.44. The quantitative estimate of drug-likeness (QED) is 0.924. The Bertz CT molecular complexity index is 842. The maximum absolute atomic E-state index is 12.7. The van der Waals surface area contributed by atoms with Crippen molar-refractivity contribution in [3.05, 3.63) is 41.6 Å². The molecule has 1 aromatic heterocycles. The molecule has 0 bridgehead atoms. The van der Waals surface area contributed by atoms with Gasteiger partial charge in [0.1, 0.15) is 0 Å². The van der Waals surface area contributed by atoms with Crippen molar-refractivity contribution in [3.8, 4) is 0 Å². The molecule has 0 unspecified atom stereocenters. The van der Waals surface area contributed by atoms with E-state index in [-0.39, 0.29) is 17.7 Å². The van der Waals surface area contributed by atoms with Gasteiger partial charge in [-0.15, -0.1) is 0 Å². The van der Waals surface area contributed by atoms with Gasteiger partial charge in [0.15, 0.2) is 0 Å². The number of nitrogens with zero attached hydrogens (tertiary/aromatic N) is 2. The van der Waals surface area contributed by atoms with Gasteiger partial charge in [0, 0.05) is 43.1 Å². The summed E-state index contributed by atoms with van der Waals surface area (Å²) in [5.74, 6) is 0.646. The van der Waals surface area contributed by atoms with E-state index < -0.39 is 0 Å². The van der Waals surface area contributed by atoms with Gasteiger partial charge in [0.05, 0.1) is 11.1 Å². The van der Waals surface area contributed by atoms with Crippen molar-refractivity contribution in [1.82, 2.24) is 15.2 Å². The molecular formula is C21H25N3O2. The molecule has 5 nitrogen and oxygen atoms in total. The number of para-hydroxylation sites is 1. The minimum absolute atomic E-state index is 0.0956. The molecule has 1 N–H and O–H groups in total. The zero-order chi connectivity index (χ0) is 18.1. The van der Waals surface area contributed by atoms with E-state index in [0.717, 1.165) is 42.4 Å². The van der Waals surface area contributed by atoms with E-state index in [9.17, 15) is 9.59 Å². The van der Waals surface area contributed by atoms with Gasteiger partial charge in [-0.05, 0) is 31.4 Å². The summed E-state index contributed by atoms with van der Waals surface area (Å²) >= 11 is 0. The number of pyridine rings is 1. The fourth-order valence-electron chi connectivity index (χ4n) is 4.36. The number of carbonyl (C=O) groups is 2. The first-order valence-corrected chi connectivity index (χ1v) is 9.58. The number of nitrogens with one attached hydrogen (secondary N) is 1. The molecule has 26 heavy (non-hydrogen) atoms. The number of hydrogen-bond acceptors (Lipinski definition) is 3. The molecule has 1 aliphatic heterocycles. The molecule has 2 amide bonds. The van der Waals surface area contributed by atoms with Crippen LogP contribution in [0.4, 0.5) is 0 Å². The Morgan fingerprint density at radius 2 is 1.92 bits per heavy atom. The average molecular weight is 351 g/mol. The fraction of sp³-hybridized carbons (Fsp3) is 0.476. The van der Waals surface area contributed by atoms with Crippen molar-refractivity contribution in [1.29, 1.82) is 0 Å². The van der Waals surface area contributed by atoms with E-state index in [1.165, 1.54) is 12.8 Å². The van der Waals surface area contributed by atoms with Crippen LogP contribution in [0.1, 0.15) is 54.1 Å². The van der Waals surface area contributed by atoms with Crippen LogP contribution in [0.25, 0.3) is 10.9 Å². The van der Waals surface area contributed by atoms with Gasteiger partial charge < -0.3 is 10.2 Å². The van der Waals surface area contributed by atoms with Crippen LogP contribution in [0.5, 0.6) is 0 Å². The molecule has 0 radical (unpaired) electrons. The minimum Gasteiger partial charge on any atom is -0.355 e. The molecule has 5 heteroatoms. The number of rotatable bonds is 3. The average Bonchev–Trinajstić information content (AvgIpc) is 3.38.